The second kappa shape index (κ2) is 8.35. The van der Waals surface area contributed by atoms with Crippen LogP contribution in [0.15, 0.2) is 36.7 Å². The number of amides is 1. The summed E-state index contributed by atoms with van der Waals surface area (Å²) in [5.74, 6) is 1.96. The number of benzene rings is 1. The van der Waals surface area contributed by atoms with E-state index < -0.39 is 0 Å². The Kier molecular flexibility index (Phi) is 5.48. The Morgan fingerprint density at radius 3 is 2.63 bits per heavy atom. The van der Waals surface area contributed by atoms with Crippen molar-refractivity contribution < 1.29 is 9.53 Å². The summed E-state index contributed by atoms with van der Waals surface area (Å²) < 4.78 is 5.39. The zero-order chi connectivity index (χ0) is 18.5. The Labute approximate surface area is 159 Å². The van der Waals surface area contributed by atoms with Crippen molar-refractivity contribution in [3.05, 3.63) is 42.2 Å². The lowest BCUT2D eigenvalue weighted by molar-refractivity contribution is -0.119. The fraction of sp³-hybridized carbons (Fsp3) is 0.450. The van der Waals surface area contributed by atoms with E-state index in [1.807, 2.05) is 23.1 Å². The van der Waals surface area contributed by atoms with Crippen molar-refractivity contribution in [1.29, 1.82) is 0 Å². The second-order valence-corrected chi connectivity index (χ2v) is 6.88. The first-order valence-electron chi connectivity index (χ1n) is 9.57. The van der Waals surface area contributed by atoms with Gasteiger partial charge >= 0.3 is 0 Å². The molecule has 3 heterocycles. The lowest BCUT2D eigenvalue weighted by Crippen LogP contribution is -2.36. The van der Waals surface area contributed by atoms with E-state index in [1.54, 1.807) is 6.33 Å². The molecule has 0 saturated carbocycles. The van der Waals surface area contributed by atoms with Gasteiger partial charge in [-0.1, -0.05) is 12.1 Å². The number of nitrogens with one attached hydrogen (secondary N) is 1. The summed E-state index contributed by atoms with van der Waals surface area (Å²) in [5, 5.41) is 3.36. The molecule has 2 aliphatic rings. The number of nitrogens with zero attached hydrogens (tertiary/aromatic N) is 4. The van der Waals surface area contributed by atoms with Crippen LogP contribution < -0.4 is 15.1 Å². The molecule has 2 saturated heterocycles. The van der Waals surface area contributed by atoms with Gasteiger partial charge in [-0.2, -0.15) is 0 Å². The molecule has 7 nitrogen and oxygen atoms in total. The van der Waals surface area contributed by atoms with Crippen LogP contribution in [0, 0.1) is 0 Å². The van der Waals surface area contributed by atoms with Crippen LogP contribution in [0.5, 0.6) is 0 Å². The number of rotatable bonds is 5. The average Bonchev–Trinajstić information content (AvgIpc) is 2.74. The van der Waals surface area contributed by atoms with Crippen LogP contribution in [-0.4, -0.2) is 48.7 Å². The highest BCUT2D eigenvalue weighted by molar-refractivity contribution is 5.93. The van der Waals surface area contributed by atoms with Crippen molar-refractivity contribution in [2.75, 3.05) is 48.0 Å². The Balaban J connectivity index is 1.36. The number of anilines is 3. The van der Waals surface area contributed by atoms with Gasteiger partial charge in [-0.3, -0.25) is 4.79 Å². The van der Waals surface area contributed by atoms with Gasteiger partial charge in [-0.05, 0) is 30.5 Å². The molecule has 0 unspecified atom stereocenters. The van der Waals surface area contributed by atoms with Crippen molar-refractivity contribution in [3.63, 3.8) is 0 Å². The average molecular weight is 367 g/mol. The highest BCUT2D eigenvalue weighted by Gasteiger charge is 2.19. The molecule has 2 aromatic rings. The maximum Gasteiger partial charge on any atom is 0.226 e. The van der Waals surface area contributed by atoms with E-state index in [0.717, 1.165) is 68.6 Å². The van der Waals surface area contributed by atoms with Crippen LogP contribution in [0.25, 0.3) is 0 Å². The van der Waals surface area contributed by atoms with E-state index in [1.165, 1.54) is 0 Å². The Bertz CT molecular complexity index is 774. The van der Waals surface area contributed by atoms with Gasteiger partial charge in [0.15, 0.2) is 0 Å². The smallest absolute Gasteiger partial charge is 0.226 e. The minimum atomic E-state index is 0.226. The molecule has 142 valence electrons. The summed E-state index contributed by atoms with van der Waals surface area (Å²) in [5.41, 5.74) is 2.13. The van der Waals surface area contributed by atoms with E-state index in [4.69, 9.17) is 4.74 Å². The van der Waals surface area contributed by atoms with Crippen LogP contribution in [0.2, 0.25) is 0 Å². The molecule has 27 heavy (non-hydrogen) atoms. The van der Waals surface area contributed by atoms with Crippen molar-refractivity contribution in [3.8, 4) is 0 Å². The minimum Gasteiger partial charge on any atom is -0.378 e. The standard InChI is InChI=1S/C20H25N5O2/c26-20-3-1-2-8-25(20)17-6-4-16(5-7-17)14-21-18-13-19(23-15-22-18)24-9-11-27-12-10-24/h4-7,13,15H,1-3,8-12,14H2,(H,21,22,23). The Hall–Kier alpha value is -2.67. The summed E-state index contributed by atoms with van der Waals surface area (Å²) in [6, 6.07) is 10.2. The molecule has 2 aliphatic heterocycles. The molecule has 1 amide bonds. The summed E-state index contributed by atoms with van der Waals surface area (Å²) >= 11 is 0. The monoisotopic (exact) mass is 367 g/mol. The fourth-order valence-electron chi connectivity index (χ4n) is 3.47. The number of carbonyl (C=O) groups is 1. The predicted octanol–water partition coefficient (Wildman–Crippen LogP) is 2.44. The first-order valence-corrected chi connectivity index (χ1v) is 9.57. The molecule has 1 aromatic carbocycles. The zero-order valence-corrected chi connectivity index (χ0v) is 15.4. The van der Waals surface area contributed by atoms with Gasteiger partial charge in [0.2, 0.25) is 5.91 Å². The number of morpholine rings is 1. The van der Waals surface area contributed by atoms with E-state index in [0.29, 0.717) is 13.0 Å². The van der Waals surface area contributed by atoms with Crippen LogP contribution >= 0.6 is 0 Å². The van der Waals surface area contributed by atoms with Crippen molar-refractivity contribution >= 4 is 23.2 Å². The predicted molar refractivity (Wildman–Crippen MR) is 105 cm³/mol. The topological polar surface area (TPSA) is 70.6 Å². The maximum absolute atomic E-state index is 12.0. The van der Waals surface area contributed by atoms with Gasteiger partial charge < -0.3 is 19.9 Å². The number of aromatic nitrogens is 2. The van der Waals surface area contributed by atoms with Crippen LogP contribution in [0.4, 0.5) is 17.3 Å². The third-order valence-corrected chi connectivity index (χ3v) is 5.03. The molecule has 0 spiro atoms. The molecular weight excluding hydrogens is 342 g/mol. The fourth-order valence-corrected chi connectivity index (χ4v) is 3.47. The number of hydrogen-bond donors (Lipinski definition) is 1. The van der Waals surface area contributed by atoms with Gasteiger partial charge in [0.05, 0.1) is 13.2 Å². The SMILES string of the molecule is O=C1CCCCN1c1ccc(CNc2cc(N3CCOCC3)ncn2)cc1. The van der Waals surface area contributed by atoms with Gasteiger partial charge in [0, 0.05) is 44.4 Å². The molecule has 2 fully saturated rings. The molecule has 4 rings (SSSR count). The lowest BCUT2D eigenvalue weighted by Gasteiger charge is -2.27. The number of piperidine rings is 1. The third-order valence-electron chi connectivity index (χ3n) is 5.03. The molecule has 0 aliphatic carbocycles. The minimum absolute atomic E-state index is 0.226. The van der Waals surface area contributed by atoms with E-state index in [9.17, 15) is 4.79 Å². The molecule has 0 bridgehead atoms. The first-order chi connectivity index (χ1) is 13.3. The Morgan fingerprint density at radius 2 is 1.85 bits per heavy atom. The second-order valence-electron chi connectivity index (χ2n) is 6.88. The molecule has 1 N–H and O–H groups in total. The summed E-state index contributed by atoms with van der Waals surface area (Å²) in [7, 11) is 0. The Morgan fingerprint density at radius 1 is 1.04 bits per heavy atom. The van der Waals surface area contributed by atoms with Gasteiger partial charge in [0.25, 0.3) is 0 Å². The third kappa shape index (κ3) is 4.36. The quantitative estimate of drug-likeness (QED) is 0.875. The highest BCUT2D eigenvalue weighted by atomic mass is 16.5. The maximum atomic E-state index is 12.0. The van der Waals surface area contributed by atoms with E-state index >= 15 is 0 Å². The van der Waals surface area contributed by atoms with Gasteiger partial charge in [-0.25, -0.2) is 9.97 Å². The zero-order valence-electron chi connectivity index (χ0n) is 15.4. The van der Waals surface area contributed by atoms with Crippen molar-refractivity contribution in [2.45, 2.75) is 25.8 Å². The van der Waals surface area contributed by atoms with Crippen molar-refractivity contribution in [2.24, 2.45) is 0 Å². The number of ether oxygens (including phenoxy) is 1. The van der Waals surface area contributed by atoms with Crippen LogP contribution in [0.3, 0.4) is 0 Å². The molecular formula is C20H25N5O2. The number of hydrogen-bond acceptors (Lipinski definition) is 6. The van der Waals surface area contributed by atoms with Crippen LogP contribution in [-0.2, 0) is 16.1 Å². The summed E-state index contributed by atoms with van der Waals surface area (Å²) in [4.78, 5) is 24.8. The van der Waals surface area contributed by atoms with Gasteiger partial charge in [-0.15, -0.1) is 0 Å². The van der Waals surface area contributed by atoms with Gasteiger partial charge in [0.1, 0.15) is 18.0 Å². The molecule has 1 aromatic heterocycles. The first kappa shape index (κ1) is 17.7. The van der Waals surface area contributed by atoms with Crippen LogP contribution in [0.1, 0.15) is 24.8 Å². The van der Waals surface area contributed by atoms with E-state index in [-0.39, 0.29) is 5.91 Å². The lowest BCUT2D eigenvalue weighted by atomic mass is 10.1. The highest BCUT2D eigenvalue weighted by Crippen LogP contribution is 2.22. The normalized spacial score (nSPS) is 17.9. The largest absolute Gasteiger partial charge is 0.378 e. The molecule has 0 radical (unpaired) electrons. The summed E-state index contributed by atoms with van der Waals surface area (Å²) in [6.45, 7) is 4.67. The molecule has 0 atom stereocenters. The summed E-state index contributed by atoms with van der Waals surface area (Å²) in [6.07, 6.45) is 4.33. The van der Waals surface area contributed by atoms with Crippen molar-refractivity contribution in [1.82, 2.24) is 9.97 Å². The van der Waals surface area contributed by atoms with E-state index in [2.05, 4.69) is 32.3 Å². The number of carbonyl (C=O) groups excluding carboxylic acids is 1. The molecule has 7 heteroatoms.